The Morgan fingerprint density at radius 3 is 1.61 bits per heavy atom. The van der Waals surface area contributed by atoms with Gasteiger partial charge in [0.25, 0.3) is 5.91 Å². The first kappa shape index (κ1) is 104. The molecule has 47 nitrogen and oxygen atoms in total. The number of primary amides is 3. The molecule has 1 aliphatic rings. The first-order valence-electron chi connectivity index (χ1n) is 40.9. The normalized spacial score (nSPS) is 14.8. The second-order valence-electron chi connectivity index (χ2n) is 31.2. The van der Waals surface area contributed by atoms with Crippen molar-refractivity contribution in [3.63, 3.8) is 0 Å². The third-order valence-corrected chi connectivity index (χ3v) is 20.1. The lowest BCUT2D eigenvalue weighted by molar-refractivity contribution is -0.136. The maximum atomic E-state index is 14.6. The molecule has 694 valence electrons. The van der Waals surface area contributed by atoms with Crippen molar-refractivity contribution in [2.75, 3.05) is 38.3 Å². The monoisotopic (exact) mass is 1800 g/mol. The molecule has 1 aromatic carbocycles. The SMILES string of the molecule is CSCC[C@H](NC(=O)[C@H](CC(C)C)NC(=O)[C@H](Cc1c[nH]cn1)NC(=O)CNC(=O)[C@@H](NC(=O)[C@H](C)NC(=O)[C@H](Cc1c[nH]c2ccccc12)NC(=O)[C@H](CCC(N)=O)NC(=O)[C@H](CC(N)=O)NC(=O)CNC(=O)[C@H](CC(C)C)NC(=O)[C@H](CCCNC(=N)N)NC(=O)[C@H](CCC(N)=O)NC(=O)[C@@H]1CCC(=O)N1)C(C)C)C(=O)NCNC(=O)c1ccnc(C(=O)O)c1. The molecule has 1 fully saturated rings. The van der Waals surface area contributed by atoms with Crippen LogP contribution in [0.15, 0.2) is 61.3 Å². The zero-order valence-electron chi connectivity index (χ0n) is 71.6. The molecule has 48 heteroatoms. The highest BCUT2D eigenvalue weighted by Crippen LogP contribution is 2.21. The number of imidazole rings is 1. The van der Waals surface area contributed by atoms with Gasteiger partial charge in [0.05, 0.1) is 38.2 Å². The minimum absolute atomic E-state index is 0.0292. The summed E-state index contributed by atoms with van der Waals surface area (Å²) in [5, 5.41) is 60.0. The number of nitrogens with two attached hydrogens (primary N) is 4. The molecular weight excluding hydrogens is 1680 g/mol. The van der Waals surface area contributed by atoms with Crippen LogP contribution in [0.1, 0.15) is 158 Å². The Hall–Kier alpha value is -13.9. The van der Waals surface area contributed by atoms with Gasteiger partial charge in [-0.15, -0.1) is 0 Å². The van der Waals surface area contributed by atoms with Gasteiger partial charge in [-0.3, -0.25) is 96.5 Å². The van der Waals surface area contributed by atoms with Gasteiger partial charge in [0.15, 0.2) is 5.96 Å². The minimum Gasteiger partial charge on any atom is -0.477 e. The first-order valence-corrected chi connectivity index (χ1v) is 42.3. The van der Waals surface area contributed by atoms with E-state index in [9.17, 15) is 101 Å². The van der Waals surface area contributed by atoms with Crippen molar-refractivity contribution in [1.29, 1.82) is 5.41 Å². The highest BCUT2D eigenvalue weighted by Gasteiger charge is 2.38. The van der Waals surface area contributed by atoms with Gasteiger partial charge in [0, 0.05) is 73.7 Å². The summed E-state index contributed by atoms with van der Waals surface area (Å²) in [4.78, 5) is 283. The van der Waals surface area contributed by atoms with Crippen LogP contribution in [0.5, 0.6) is 0 Å². The number of rotatable bonds is 55. The number of carbonyl (C=O) groups is 20. The number of fused-ring (bicyclic) bond motifs is 1. The molecule has 0 radical (unpaired) electrons. The van der Waals surface area contributed by atoms with Crippen molar-refractivity contribution in [2.45, 2.75) is 211 Å². The molecule has 0 aliphatic carbocycles. The fourth-order valence-corrected chi connectivity index (χ4v) is 13.3. The number of carboxylic acids is 1. The topological polar surface area (TPSA) is 751 Å². The molecule has 0 unspecified atom stereocenters. The predicted molar refractivity (Wildman–Crippen MR) is 457 cm³/mol. The number of H-pyrrole nitrogens is 2. The number of carboxylic acid groups (broad SMARTS) is 1. The largest absolute Gasteiger partial charge is 0.477 e. The van der Waals surface area contributed by atoms with E-state index < -0.39 is 242 Å². The maximum Gasteiger partial charge on any atom is 0.354 e. The van der Waals surface area contributed by atoms with E-state index in [0.29, 0.717) is 27.9 Å². The first-order chi connectivity index (χ1) is 60.0. The fourth-order valence-electron chi connectivity index (χ4n) is 12.9. The Bertz CT molecular complexity index is 4600. The molecule has 4 aromatic rings. The summed E-state index contributed by atoms with van der Waals surface area (Å²) < 4.78 is 0. The van der Waals surface area contributed by atoms with E-state index in [4.69, 9.17) is 28.3 Å². The average Bonchev–Trinajstić information content (AvgIpc) is 1.76. The Balaban J connectivity index is 1.27. The number of aromatic amines is 2. The number of nitrogens with one attached hydrogen (secondary N) is 20. The molecule has 0 bridgehead atoms. The van der Waals surface area contributed by atoms with Crippen molar-refractivity contribution in [2.24, 2.45) is 40.7 Å². The van der Waals surface area contributed by atoms with Gasteiger partial charge in [-0.25, -0.2) is 14.8 Å². The Morgan fingerprint density at radius 2 is 1.06 bits per heavy atom. The molecule has 1 saturated heterocycles. The van der Waals surface area contributed by atoms with Crippen LogP contribution in [-0.4, -0.2) is 260 Å². The highest BCUT2D eigenvalue weighted by molar-refractivity contribution is 7.98. The number of nitrogens with zero attached hydrogens (tertiary/aromatic N) is 2. The molecule has 12 atom stereocenters. The number of benzene rings is 1. The summed E-state index contributed by atoms with van der Waals surface area (Å²) in [6.07, 6.45) is 3.99. The molecule has 29 N–H and O–H groups in total. The summed E-state index contributed by atoms with van der Waals surface area (Å²) >= 11 is 1.37. The molecule has 1 aliphatic heterocycles. The molecule has 127 heavy (non-hydrogen) atoms. The summed E-state index contributed by atoms with van der Waals surface area (Å²) in [6.45, 7) is 9.17. The van der Waals surface area contributed by atoms with Crippen molar-refractivity contribution >= 4 is 147 Å². The van der Waals surface area contributed by atoms with Crippen molar-refractivity contribution in [1.82, 2.24) is 110 Å². The standard InChI is InChI=1S/C79H116N26O21S/c1-38(2)26-52(102-69(116)47(14-11-23-87-79(83)84)98-71(118)49(15-18-58(80)106)99-70(117)48-17-20-61(109)95-48)68(115)89-34-62(110)97-56(31-60(82)108)76(123)100-50(16-19-59(81)107)72(119)104-54(29-43-32-88-46-13-10-9-12-45(43)46)73(120)94-41(7)65(112)105-64(40(5)6)77(124)90-35-63(111)96-55(30-44-33-85-36-91-44)75(122)103-53(27-39(3)4)74(121)101-51(22-25-127-8)67(114)93-37-92-66(113)42-21-24-86-57(28-42)78(125)126/h9-10,12-13,21,24,28,32-33,36,38-41,47-56,64,88H,11,14-20,22-23,25-27,29-31,34-35,37H2,1-8H3,(H2,80,106)(H2,81,107)(H2,82,108)(H,85,91)(H,89,115)(H,90,124)(H,92,113)(H,93,114)(H,94,120)(H,95,109)(H,96,111)(H,97,110)(H,98,118)(H,99,117)(H,100,123)(H,101,121)(H,102,116)(H,103,122)(H,104,119)(H,105,112)(H,125,126)(H4,83,84,87)/t41-,47-,48-,49-,50-,51-,52-,53-,54-,55-,56-,64-/m0/s1. The number of hydrogen-bond donors (Lipinski definition) is 25. The number of carbonyl (C=O) groups excluding carboxylic acids is 19. The van der Waals surface area contributed by atoms with Crippen LogP contribution >= 0.6 is 11.8 Å². The van der Waals surface area contributed by atoms with Gasteiger partial charge in [0.2, 0.25) is 106 Å². The molecule has 3 aromatic heterocycles. The fraction of sp³-hybridized carbons (Fsp3) is 0.532. The third kappa shape index (κ3) is 36.5. The Labute approximate surface area is 734 Å². The molecule has 0 saturated carbocycles. The van der Waals surface area contributed by atoms with Gasteiger partial charge in [-0.05, 0) is 112 Å². The molecule has 0 spiro atoms. The van der Waals surface area contributed by atoms with Crippen LogP contribution in [0, 0.1) is 23.2 Å². The van der Waals surface area contributed by atoms with Crippen LogP contribution in [0.4, 0.5) is 0 Å². The van der Waals surface area contributed by atoms with Gasteiger partial charge in [-0.2, -0.15) is 11.8 Å². The lowest BCUT2D eigenvalue weighted by Crippen LogP contribution is -2.60. The Morgan fingerprint density at radius 1 is 0.535 bits per heavy atom. The van der Waals surface area contributed by atoms with Gasteiger partial charge in [0.1, 0.15) is 78.2 Å². The summed E-state index contributed by atoms with van der Waals surface area (Å²) in [5.41, 5.74) is 22.8. The summed E-state index contributed by atoms with van der Waals surface area (Å²) in [7, 11) is 0. The number of para-hydroxylation sites is 1. The molecular formula is C79H116N26O21S. The second kappa shape index (κ2) is 52.0. The number of aromatic carboxylic acids is 1. The van der Waals surface area contributed by atoms with E-state index in [-0.39, 0.29) is 100 Å². The van der Waals surface area contributed by atoms with Gasteiger partial charge < -0.3 is 128 Å². The van der Waals surface area contributed by atoms with Crippen molar-refractivity contribution in [3.05, 3.63) is 83.8 Å². The quantitative estimate of drug-likeness (QED) is 0.00846. The predicted octanol–water partition coefficient (Wildman–Crippen LogP) is -6.69. The smallest absolute Gasteiger partial charge is 0.354 e. The zero-order chi connectivity index (χ0) is 94.3. The molecule has 19 amide bonds. The molecule has 4 heterocycles. The van der Waals surface area contributed by atoms with Crippen LogP contribution in [0.3, 0.4) is 0 Å². The van der Waals surface area contributed by atoms with E-state index in [1.165, 1.54) is 37.3 Å². The van der Waals surface area contributed by atoms with E-state index in [1.54, 1.807) is 78.3 Å². The van der Waals surface area contributed by atoms with E-state index in [0.717, 1.165) is 12.3 Å². The Kier molecular flexibility index (Phi) is 42.5. The average molecular weight is 1800 g/mol. The van der Waals surface area contributed by atoms with Crippen LogP contribution in [0.2, 0.25) is 0 Å². The third-order valence-electron chi connectivity index (χ3n) is 19.5. The summed E-state index contributed by atoms with van der Waals surface area (Å²) in [5.74, 6) is -20.1. The number of thioether (sulfide) groups is 1. The van der Waals surface area contributed by atoms with E-state index >= 15 is 0 Å². The van der Waals surface area contributed by atoms with Gasteiger partial charge in [-0.1, -0.05) is 59.7 Å². The van der Waals surface area contributed by atoms with E-state index in [1.807, 2.05) is 0 Å². The van der Waals surface area contributed by atoms with Crippen LogP contribution in [0.25, 0.3) is 10.9 Å². The number of hydrogen-bond acceptors (Lipinski definition) is 24. The van der Waals surface area contributed by atoms with Crippen molar-refractivity contribution < 1.29 is 101 Å². The maximum absolute atomic E-state index is 14.6. The second-order valence-corrected chi connectivity index (χ2v) is 32.2. The highest BCUT2D eigenvalue weighted by atomic mass is 32.2. The van der Waals surface area contributed by atoms with Crippen molar-refractivity contribution in [3.8, 4) is 0 Å². The lowest BCUT2D eigenvalue weighted by Gasteiger charge is -2.27. The number of amides is 19. The minimum atomic E-state index is -1.91. The number of guanidine groups is 1. The van der Waals surface area contributed by atoms with Crippen LogP contribution < -0.4 is 113 Å². The summed E-state index contributed by atoms with van der Waals surface area (Å²) in [6, 6.07) is -8.40. The van der Waals surface area contributed by atoms with Gasteiger partial charge >= 0.3 is 5.97 Å². The zero-order valence-corrected chi connectivity index (χ0v) is 72.4. The lowest BCUT2D eigenvalue weighted by atomic mass is 10.0. The molecule has 5 rings (SSSR count). The van der Waals surface area contributed by atoms with Crippen LogP contribution in [-0.2, 0) is 99.1 Å². The number of pyridine rings is 1. The number of aromatic nitrogens is 4. The van der Waals surface area contributed by atoms with E-state index in [2.05, 4.69) is 110 Å².